The van der Waals surface area contributed by atoms with Gasteiger partial charge in [-0.05, 0) is 48.0 Å². The molecule has 0 aliphatic heterocycles. The number of halogens is 4. The minimum atomic E-state index is -5.08. The van der Waals surface area contributed by atoms with Crippen LogP contribution in [-0.4, -0.2) is 33.1 Å². The van der Waals surface area contributed by atoms with Crippen LogP contribution in [0.5, 0.6) is 11.5 Å². The monoisotopic (exact) mass is 464 g/mol. The van der Waals surface area contributed by atoms with Crippen molar-refractivity contribution in [3.8, 4) is 11.5 Å². The van der Waals surface area contributed by atoms with Gasteiger partial charge in [-0.15, -0.1) is 0 Å². The van der Waals surface area contributed by atoms with Crippen molar-refractivity contribution in [2.75, 3.05) is 5.43 Å². The number of aromatic nitrogens is 2. The molecular weight excluding hydrogens is 448 g/mol. The van der Waals surface area contributed by atoms with Crippen LogP contribution in [0.1, 0.15) is 5.56 Å². The van der Waals surface area contributed by atoms with Gasteiger partial charge in [-0.1, -0.05) is 6.07 Å². The lowest BCUT2D eigenvalue weighted by Crippen LogP contribution is -2.27. The van der Waals surface area contributed by atoms with E-state index in [2.05, 4.69) is 20.8 Å². The highest BCUT2D eigenvalue weighted by molar-refractivity contribution is 5.92. The molecule has 0 saturated carbocycles. The maximum atomic E-state index is 14.1. The highest BCUT2D eigenvalue weighted by Gasteiger charge is 2.38. The van der Waals surface area contributed by atoms with Gasteiger partial charge in [-0.25, -0.2) is 9.18 Å². The number of carbonyl (C=O) groups is 2. The predicted octanol–water partition coefficient (Wildman–Crippen LogP) is 4.20. The van der Waals surface area contributed by atoms with Crippen LogP contribution in [0.4, 0.5) is 23.2 Å². The number of rotatable bonds is 6. The molecule has 0 radical (unpaired) electrons. The number of nitrogens with one attached hydrogen (secondary N) is 2. The van der Waals surface area contributed by atoms with Gasteiger partial charge in [0.2, 0.25) is 0 Å². The van der Waals surface area contributed by atoms with Crippen LogP contribution in [0.3, 0.4) is 0 Å². The van der Waals surface area contributed by atoms with E-state index in [-0.39, 0.29) is 11.7 Å². The number of ether oxygens (including phenoxy) is 1. The third-order valence-electron chi connectivity index (χ3n) is 3.50. The van der Waals surface area contributed by atoms with E-state index in [9.17, 15) is 22.4 Å². The summed E-state index contributed by atoms with van der Waals surface area (Å²) in [4.78, 5) is 28.5. The van der Waals surface area contributed by atoms with Crippen molar-refractivity contribution in [3.63, 3.8) is 0 Å². The van der Waals surface area contributed by atoms with Crippen LogP contribution in [0, 0.1) is 5.82 Å². The fourth-order valence-corrected chi connectivity index (χ4v) is 2.02. The molecule has 0 spiro atoms. The first-order valence-electron chi connectivity index (χ1n) is 8.97. The molecule has 12 heteroatoms. The molecule has 0 bridgehead atoms. The number of carboxylic acids is 1. The number of nitrogens with zero attached hydrogens (tertiary/aromatic N) is 2. The topological polar surface area (TPSA) is 113 Å². The molecule has 3 rings (SSSR count). The molecule has 33 heavy (non-hydrogen) atoms. The Hall–Kier alpha value is -4.48. The Balaban J connectivity index is 0.000000479. The molecule has 0 aliphatic carbocycles. The molecule has 8 nitrogen and oxygen atoms in total. The van der Waals surface area contributed by atoms with E-state index >= 15 is 0 Å². The van der Waals surface area contributed by atoms with Gasteiger partial charge >= 0.3 is 12.1 Å². The molecule has 1 amide bonds. The van der Waals surface area contributed by atoms with Crippen molar-refractivity contribution >= 4 is 23.6 Å². The van der Waals surface area contributed by atoms with Crippen LogP contribution in [0.25, 0.3) is 6.08 Å². The molecule has 2 aromatic heterocycles. The lowest BCUT2D eigenvalue weighted by molar-refractivity contribution is -0.192. The number of hydrogen-bond acceptors (Lipinski definition) is 6. The number of carbonyl (C=O) groups excluding carboxylic acids is 1. The van der Waals surface area contributed by atoms with Crippen molar-refractivity contribution in [2.45, 2.75) is 6.18 Å². The molecule has 0 fully saturated rings. The number of amides is 1. The first-order chi connectivity index (χ1) is 15.6. The minimum Gasteiger partial charge on any atom is -0.475 e. The van der Waals surface area contributed by atoms with Crippen LogP contribution in [0.2, 0.25) is 0 Å². The SMILES string of the molecule is O=C(/C=C/c1ccc(Oc2cccnc2)c(F)c1)NNc1ccncc1.O=C(O)C(F)(F)F. The molecule has 172 valence electrons. The van der Waals surface area contributed by atoms with E-state index in [1.165, 1.54) is 30.5 Å². The van der Waals surface area contributed by atoms with Gasteiger partial charge in [0, 0.05) is 24.7 Å². The molecule has 2 heterocycles. The van der Waals surface area contributed by atoms with E-state index in [0.717, 1.165) is 0 Å². The first kappa shape index (κ1) is 24.8. The van der Waals surface area contributed by atoms with Gasteiger partial charge in [0.15, 0.2) is 11.6 Å². The summed E-state index contributed by atoms with van der Waals surface area (Å²) in [6.45, 7) is 0. The number of pyridine rings is 2. The largest absolute Gasteiger partial charge is 0.490 e. The second kappa shape index (κ2) is 11.8. The van der Waals surface area contributed by atoms with Crippen LogP contribution < -0.4 is 15.6 Å². The summed E-state index contributed by atoms with van der Waals surface area (Å²) in [6, 6.07) is 11.2. The highest BCUT2D eigenvalue weighted by Crippen LogP contribution is 2.24. The summed E-state index contributed by atoms with van der Waals surface area (Å²) in [6.07, 6.45) is 4.01. The Morgan fingerprint density at radius 2 is 1.73 bits per heavy atom. The molecular formula is C21H16F4N4O4. The average Bonchev–Trinajstić information content (AvgIpc) is 2.79. The molecule has 3 N–H and O–H groups in total. The Morgan fingerprint density at radius 3 is 2.30 bits per heavy atom. The smallest absolute Gasteiger partial charge is 0.475 e. The van der Waals surface area contributed by atoms with Gasteiger partial charge in [-0.3, -0.25) is 25.6 Å². The highest BCUT2D eigenvalue weighted by atomic mass is 19.4. The van der Waals surface area contributed by atoms with Crippen LogP contribution in [-0.2, 0) is 9.59 Å². The van der Waals surface area contributed by atoms with Gasteiger partial charge in [0.05, 0.1) is 11.9 Å². The maximum absolute atomic E-state index is 14.1. The minimum absolute atomic E-state index is 0.0824. The van der Waals surface area contributed by atoms with Crippen molar-refractivity contribution in [1.29, 1.82) is 0 Å². The number of aliphatic carboxylic acids is 1. The quantitative estimate of drug-likeness (QED) is 0.285. The zero-order chi connectivity index (χ0) is 24.3. The zero-order valence-corrected chi connectivity index (χ0v) is 16.6. The average molecular weight is 464 g/mol. The zero-order valence-electron chi connectivity index (χ0n) is 16.6. The molecule has 1 aromatic carbocycles. The number of carboxylic acid groups (broad SMARTS) is 1. The van der Waals surface area contributed by atoms with Gasteiger partial charge in [0.1, 0.15) is 5.75 Å². The fourth-order valence-electron chi connectivity index (χ4n) is 2.02. The molecule has 0 saturated heterocycles. The summed E-state index contributed by atoms with van der Waals surface area (Å²) >= 11 is 0. The number of hydrazine groups is 1. The van der Waals surface area contributed by atoms with Crippen molar-refractivity contribution in [1.82, 2.24) is 15.4 Å². The summed E-state index contributed by atoms with van der Waals surface area (Å²) < 4.78 is 51.3. The Kier molecular flexibility index (Phi) is 8.85. The summed E-state index contributed by atoms with van der Waals surface area (Å²) in [5.41, 5.74) is 6.46. The number of alkyl halides is 3. The van der Waals surface area contributed by atoms with Crippen molar-refractivity contribution in [2.24, 2.45) is 0 Å². The summed E-state index contributed by atoms with van der Waals surface area (Å²) in [7, 11) is 0. The van der Waals surface area contributed by atoms with Gasteiger partial charge in [0.25, 0.3) is 5.91 Å². The predicted molar refractivity (Wildman–Crippen MR) is 109 cm³/mol. The third-order valence-corrected chi connectivity index (χ3v) is 3.50. The number of benzene rings is 1. The number of anilines is 1. The lowest BCUT2D eigenvalue weighted by Gasteiger charge is -2.07. The van der Waals surface area contributed by atoms with Gasteiger partial charge in [-0.2, -0.15) is 13.2 Å². The molecule has 0 unspecified atom stereocenters. The first-order valence-corrected chi connectivity index (χ1v) is 8.97. The second-order valence-corrected chi connectivity index (χ2v) is 5.97. The van der Waals surface area contributed by atoms with E-state index in [1.807, 2.05) is 0 Å². The van der Waals surface area contributed by atoms with Gasteiger partial charge < -0.3 is 9.84 Å². The van der Waals surface area contributed by atoms with Crippen LogP contribution in [0.15, 0.2) is 73.3 Å². The summed E-state index contributed by atoms with van der Waals surface area (Å²) in [5.74, 6) is -3.15. The van der Waals surface area contributed by atoms with Crippen molar-refractivity contribution in [3.05, 3.63) is 84.7 Å². The van der Waals surface area contributed by atoms with E-state index < -0.39 is 18.0 Å². The lowest BCUT2D eigenvalue weighted by atomic mass is 10.2. The molecule has 0 atom stereocenters. The van der Waals surface area contributed by atoms with E-state index in [0.29, 0.717) is 17.0 Å². The Morgan fingerprint density at radius 1 is 1.03 bits per heavy atom. The fraction of sp³-hybridized carbons (Fsp3) is 0.0476. The van der Waals surface area contributed by atoms with Crippen molar-refractivity contribution < 1.29 is 37.0 Å². The Labute approximate surface area is 184 Å². The Bertz CT molecular complexity index is 1090. The molecule has 3 aromatic rings. The van der Waals surface area contributed by atoms with E-state index in [4.69, 9.17) is 14.6 Å². The van der Waals surface area contributed by atoms with Crippen LogP contribution >= 0.6 is 0 Å². The maximum Gasteiger partial charge on any atom is 0.490 e. The normalized spacial score (nSPS) is 10.7. The third kappa shape index (κ3) is 9.04. The number of hydrogen-bond donors (Lipinski definition) is 3. The van der Waals surface area contributed by atoms with E-state index in [1.54, 1.807) is 48.9 Å². The summed E-state index contributed by atoms with van der Waals surface area (Å²) in [5, 5.41) is 7.12. The standard InChI is InChI=1S/C19H15FN4O2.C2HF3O2/c20-17-12-14(3-5-18(17)26-16-2-1-9-22-13-16)4-6-19(25)24-23-15-7-10-21-11-8-15;3-2(4,5)1(6)7/h1-13H,(H,21,23)(H,24,25);(H,6,7)/b6-4+;. The molecule has 0 aliphatic rings. The second-order valence-electron chi connectivity index (χ2n) is 5.97.